The normalized spacial score (nSPS) is 25.0. The van der Waals surface area contributed by atoms with Gasteiger partial charge in [0.25, 0.3) is 5.91 Å². The van der Waals surface area contributed by atoms with Crippen LogP contribution in [0.1, 0.15) is 18.9 Å². The second-order valence-electron chi connectivity index (χ2n) is 5.18. The average molecular weight is 285 g/mol. The summed E-state index contributed by atoms with van der Waals surface area (Å²) in [4.78, 5) is 15.1. The van der Waals surface area contributed by atoms with Crippen molar-refractivity contribution in [3.8, 4) is 0 Å². The largest absolute Gasteiger partial charge is 0.328 e. The van der Waals surface area contributed by atoms with Gasteiger partial charge in [-0.15, -0.1) is 10.2 Å². The number of hydrogen-bond donors (Lipinski definition) is 3. The molecule has 2 heterocycles. The highest BCUT2D eigenvalue weighted by Crippen LogP contribution is 2.15. The van der Waals surface area contributed by atoms with E-state index in [0.717, 1.165) is 37.6 Å². The van der Waals surface area contributed by atoms with E-state index in [4.69, 9.17) is 0 Å². The Morgan fingerprint density at radius 1 is 1.37 bits per heavy atom. The van der Waals surface area contributed by atoms with Gasteiger partial charge in [-0.3, -0.25) is 10.1 Å². The molecule has 1 aliphatic rings. The number of hydrogen-bond acceptors (Lipinski definition) is 4. The Hall–Kier alpha value is -1.05. The first kappa shape index (κ1) is 14.4. The Kier molecular flexibility index (Phi) is 4.84. The van der Waals surface area contributed by atoms with Crippen molar-refractivity contribution in [3.63, 3.8) is 0 Å². The summed E-state index contributed by atoms with van der Waals surface area (Å²) in [7, 11) is 2.20. The van der Waals surface area contributed by atoms with E-state index in [-0.39, 0.29) is 11.9 Å². The van der Waals surface area contributed by atoms with Gasteiger partial charge in [0.1, 0.15) is 31.2 Å². The van der Waals surface area contributed by atoms with Crippen LogP contribution in [0.4, 0.5) is 5.13 Å². The Morgan fingerprint density at radius 3 is 2.63 bits per heavy atom. The average Bonchev–Trinajstić information content (AvgIpc) is 2.86. The molecule has 1 aromatic heterocycles. The number of amides is 1. The van der Waals surface area contributed by atoms with E-state index in [2.05, 4.69) is 22.6 Å². The molecule has 3 N–H and O–H groups in total. The molecule has 7 heteroatoms. The molecule has 0 radical (unpaired) electrons. The lowest BCUT2D eigenvalue weighted by molar-refractivity contribution is -1.01. The number of carbonyl (C=O) groups is 1. The minimum atomic E-state index is -0.0259. The molecule has 1 fully saturated rings. The molecule has 0 bridgehead atoms. The molecule has 1 aliphatic heterocycles. The maximum Gasteiger partial charge on any atom is 0.284 e. The van der Waals surface area contributed by atoms with Gasteiger partial charge in [0, 0.05) is 0 Å². The number of carbonyl (C=O) groups excluding carboxylic acids is 1. The highest BCUT2D eigenvalue weighted by atomic mass is 32.1. The summed E-state index contributed by atoms with van der Waals surface area (Å²) in [5, 5.41) is 12.5. The number of nitrogens with zero attached hydrogens (tertiary/aromatic N) is 2. The third kappa shape index (κ3) is 3.71. The quantitative estimate of drug-likeness (QED) is 0.591. The van der Waals surface area contributed by atoms with E-state index in [0.29, 0.717) is 5.13 Å². The van der Waals surface area contributed by atoms with Crippen LogP contribution in [0.15, 0.2) is 0 Å². The first-order chi connectivity index (χ1) is 9.10. The van der Waals surface area contributed by atoms with Crippen molar-refractivity contribution in [2.24, 2.45) is 0 Å². The van der Waals surface area contributed by atoms with Gasteiger partial charge < -0.3 is 9.80 Å². The summed E-state index contributed by atoms with van der Waals surface area (Å²) >= 11 is 1.46. The van der Waals surface area contributed by atoms with Crippen LogP contribution in [0.3, 0.4) is 0 Å². The molecule has 1 atom stereocenters. The number of quaternary nitrogens is 2. The van der Waals surface area contributed by atoms with Crippen molar-refractivity contribution in [2.45, 2.75) is 26.3 Å². The van der Waals surface area contributed by atoms with Gasteiger partial charge >= 0.3 is 0 Å². The predicted molar refractivity (Wildman–Crippen MR) is 74.7 cm³/mol. The van der Waals surface area contributed by atoms with Crippen molar-refractivity contribution in [3.05, 3.63) is 5.01 Å². The third-order valence-electron chi connectivity index (χ3n) is 3.75. The van der Waals surface area contributed by atoms with Gasteiger partial charge in [-0.25, -0.2) is 0 Å². The standard InChI is InChI=1S/C12H21N5OS/c1-4-10-14-15-12(19-10)13-11(18)9(2)17-7-5-16(3)6-8-17/h9H,4-8H2,1-3H3,(H,13,15,18)/p+2/t9-/m0/s1. The molecular formula is C12H23N5OS+2. The Balaban J connectivity index is 1.88. The highest BCUT2D eigenvalue weighted by molar-refractivity contribution is 7.15. The summed E-state index contributed by atoms with van der Waals surface area (Å²) in [6, 6.07) is -0.0259. The number of aromatic nitrogens is 2. The third-order valence-corrected chi connectivity index (χ3v) is 4.73. The summed E-state index contributed by atoms with van der Waals surface area (Å²) in [6.45, 7) is 8.39. The zero-order valence-corrected chi connectivity index (χ0v) is 12.6. The van der Waals surface area contributed by atoms with E-state index < -0.39 is 0 Å². The summed E-state index contributed by atoms with van der Waals surface area (Å²) in [5.41, 5.74) is 0. The molecule has 6 nitrogen and oxygen atoms in total. The molecule has 0 spiro atoms. The lowest BCUT2D eigenvalue weighted by Gasteiger charge is -2.30. The zero-order valence-electron chi connectivity index (χ0n) is 11.8. The molecule has 1 aromatic rings. The van der Waals surface area contributed by atoms with Gasteiger partial charge in [-0.05, 0) is 13.3 Å². The fourth-order valence-electron chi connectivity index (χ4n) is 2.28. The van der Waals surface area contributed by atoms with Crippen LogP contribution in [0.25, 0.3) is 0 Å². The lowest BCUT2D eigenvalue weighted by Crippen LogP contribution is -3.29. The van der Waals surface area contributed by atoms with Gasteiger partial charge in [0.05, 0.1) is 7.05 Å². The molecule has 1 saturated heterocycles. The smallest absolute Gasteiger partial charge is 0.284 e. The second-order valence-corrected chi connectivity index (χ2v) is 6.24. The van der Waals surface area contributed by atoms with E-state index in [1.54, 1.807) is 4.90 Å². The Labute approximate surface area is 117 Å². The maximum atomic E-state index is 12.2. The van der Waals surface area contributed by atoms with Crippen LogP contribution < -0.4 is 15.1 Å². The van der Waals surface area contributed by atoms with Crippen molar-refractivity contribution in [1.29, 1.82) is 0 Å². The topological polar surface area (TPSA) is 63.8 Å². The summed E-state index contributed by atoms with van der Waals surface area (Å²) in [6.07, 6.45) is 0.857. The fraction of sp³-hybridized carbons (Fsp3) is 0.750. The molecule has 0 unspecified atom stereocenters. The molecular weight excluding hydrogens is 262 g/mol. The second kappa shape index (κ2) is 6.40. The van der Waals surface area contributed by atoms with E-state index in [1.807, 2.05) is 13.8 Å². The van der Waals surface area contributed by atoms with Gasteiger partial charge in [0.15, 0.2) is 6.04 Å². The molecule has 2 rings (SSSR count). The van der Waals surface area contributed by atoms with Crippen LogP contribution >= 0.6 is 11.3 Å². The van der Waals surface area contributed by atoms with Gasteiger partial charge in [-0.1, -0.05) is 18.3 Å². The van der Waals surface area contributed by atoms with Crippen LogP contribution in [0, 0.1) is 0 Å². The molecule has 0 aromatic carbocycles. The number of anilines is 1. The van der Waals surface area contributed by atoms with Crippen LogP contribution in [-0.2, 0) is 11.2 Å². The van der Waals surface area contributed by atoms with E-state index in [1.165, 1.54) is 16.2 Å². The molecule has 0 aliphatic carbocycles. The SMILES string of the molecule is CCc1nnc(NC(=O)[C@H](C)[NH+]2CC[NH+](C)CC2)s1. The lowest BCUT2D eigenvalue weighted by atomic mass is 10.2. The van der Waals surface area contributed by atoms with Crippen molar-refractivity contribution in [2.75, 3.05) is 38.5 Å². The zero-order chi connectivity index (χ0) is 13.8. The minimum Gasteiger partial charge on any atom is -0.328 e. The molecule has 106 valence electrons. The number of nitrogens with one attached hydrogen (secondary N) is 3. The first-order valence-corrected chi connectivity index (χ1v) is 7.71. The van der Waals surface area contributed by atoms with Crippen LogP contribution in [0.5, 0.6) is 0 Å². The molecule has 0 saturated carbocycles. The number of rotatable bonds is 4. The first-order valence-electron chi connectivity index (χ1n) is 6.89. The number of aryl methyl sites for hydroxylation is 1. The fourth-order valence-corrected chi connectivity index (χ4v) is 2.96. The van der Waals surface area contributed by atoms with E-state index >= 15 is 0 Å². The predicted octanol–water partition coefficient (Wildman–Crippen LogP) is -2.16. The van der Waals surface area contributed by atoms with E-state index in [9.17, 15) is 4.79 Å². The molecule has 1 amide bonds. The Bertz CT molecular complexity index is 428. The highest BCUT2D eigenvalue weighted by Gasteiger charge is 2.30. The molecule has 19 heavy (non-hydrogen) atoms. The minimum absolute atomic E-state index is 0.0259. The van der Waals surface area contributed by atoms with Crippen molar-refractivity contribution < 1.29 is 14.6 Å². The van der Waals surface area contributed by atoms with Crippen LogP contribution in [-0.4, -0.2) is 55.4 Å². The summed E-state index contributed by atoms with van der Waals surface area (Å²) in [5.74, 6) is 0.0494. The number of piperazine rings is 1. The van der Waals surface area contributed by atoms with Crippen LogP contribution in [0.2, 0.25) is 0 Å². The Morgan fingerprint density at radius 2 is 2.05 bits per heavy atom. The van der Waals surface area contributed by atoms with Gasteiger partial charge in [-0.2, -0.15) is 0 Å². The van der Waals surface area contributed by atoms with Gasteiger partial charge in [0.2, 0.25) is 5.13 Å². The summed E-state index contributed by atoms with van der Waals surface area (Å²) < 4.78 is 0. The maximum absolute atomic E-state index is 12.2. The van der Waals surface area contributed by atoms with Crippen molar-refractivity contribution in [1.82, 2.24) is 10.2 Å². The van der Waals surface area contributed by atoms with Crippen molar-refractivity contribution >= 4 is 22.4 Å². The number of likely N-dealkylation sites (N-methyl/N-ethyl adjacent to an activating group) is 1. The monoisotopic (exact) mass is 285 g/mol.